The van der Waals surface area contributed by atoms with Crippen LogP contribution in [0.4, 0.5) is 10.1 Å². The summed E-state index contributed by atoms with van der Waals surface area (Å²) in [4.78, 5) is 12.3. The number of nitrogens with one attached hydrogen (secondary N) is 1. The molecule has 2 atom stereocenters. The highest BCUT2D eigenvalue weighted by atomic mass is 32.2. The Kier molecular flexibility index (Phi) is 6.15. The first-order chi connectivity index (χ1) is 13.3. The third-order valence-corrected chi connectivity index (χ3v) is 6.77. The van der Waals surface area contributed by atoms with Crippen molar-refractivity contribution < 1.29 is 17.6 Å². The number of amides is 1. The van der Waals surface area contributed by atoms with Gasteiger partial charge in [-0.05, 0) is 54.2 Å². The van der Waals surface area contributed by atoms with Crippen LogP contribution in [-0.4, -0.2) is 31.7 Å². The van der Waals surface area contributed by atoms with Crippen LogP contribution in [0.15, 0.2) is 53.4 Å². The van der Waals surface area contributed by atoms with E-state index in [4.69, 9.17) is 0 Å². The summed E-state index contributed by atoms with van der Waals surface area (Å²) < 4.78 is 41.0. The van der Waals surface area contributed by atoms with Crippen molar-refractivity contribution in [1.29, 1.82) is 0 Å². The minimum absolute atomic E-state index is 0.0870. The number of halogens is 1. The van der Waals surface area contributed by atoms with E-state index in [-0.39, 0.29) is 17.2 Å². The molecule has 0 spiro atoms. The Morgan fingerprint density at radius 1 is 1.07 bits per heavy atom. The van der Waals surface area contributed by atoms with E-state index in [9.17, 15) is 17.6 Å². The SMILES string of the molecule is CC1CC(C)CN(S(=O)(=O)c2ccc(NC(=O)Cc3ccccc3F)cc2)C1. The average Bonchev–Trinajstić information content (AvgIpc) is 2.63. The highest BCUT2D eigenvalue weighted by Gasteiger charge is 2.31. The van der Waals surface area contributed by atoms with Gasteiger partial charge in [-0.1, -0.05) is 32.0 Å². The molecule has 1 heterocycles. The molecule has 0 aromatic heterocycles. The molecule has 1 fully saturated rings. The van der Waals surface area contributed by atoms with Gasteiger partial charge in [0, 0.05) is 18.8 Å². The third-order valence-electron chi connectivity index (χ3n) is 4.92. The fourth-order valence-electron chi connectivity index (χ4n) is 3.68. The molecule has 28 heavy (non-hydrogen) atoms. The predicted octanol–water partition coefficient (Wildman–Crippen LogP) is 3.67. The molecule has 2 aromatic carbocycles. The highest BCUT2D eigenvalue weighted by molar-refractivity contribution is 7.89. The molecule has 0 bridgehead atoms. The Labute approximate surface area is 165 Å². The van der Waals surface area contributed by atoms with Crippen molar-refractivity contribution in [2.24, 2.45) is 11.8 Å². The molecular weight excluding hydrogens is 379 g/mol. The van der Waals surface area contributed by atoms with Crippen LogP contribution in [0.2, 0.25) is 0 Å². The van der Waals surface area contributed by atoms with Crippen LogP contribution in [0, 0.1) is 17.7 Å². The first-order valence-corrected chi connectivity index (χ1v) is 10.8. The van der Waals surface area contributed by atoms with E-state index >= 15 is 0 Å². The first-order valence-electron chi connectivity index (χ1n) is 9.39. The molecule has 1 N–H and O–H groups in total. The number of benzene rings is 2. The summed E-state index contributed by atoms with van der Waals surface area (Å²) in [5.41, 5.74) is 0.785. The van der Waals surface area contributed by atoms with Crippen molar-refractivity contribution >= 4 is 21.6 Å². The Morgan fingerprint density at radius 2 is 1.68 bits per heavy atom. The largest absolute Gasteiger partial charge is 0.326 e. The van der Waals surface area contributed by atoms with E-state index in [1.807, 2.05) is 0 Å². The standard InChI is InChI=1S/C21H25FN2O3S/c1-15-11-16(2)14-24(13-15)28(26,27)19-9-7-18(8-10-19)23-21(25)12-17-5-3-4-6-20(17)22/h3-10,15-16H,11-14H2,1-2H3,(H,23,25). The fourth-order valence-corrected chi connectivity index (χ4v) is 5.36. The number of anilines is 1. The lowest BCUT2D eigenvalue weighted by molar-refractivity contribution is -0.115. The van der Waals surface area contributed by atoms with Crippen molar-refractivity contribution in [3.8, 4) is 0 Å². The second kappa shape index (κ2) is 8.41. The topological polar surface area (TPSA) is 66.5 Å². The van der Waals surface area contributed by atoms with Crippen LogP contribution in [0.3, 0.4) is 0 Å². The van der Waals surface area contributed by atoms with Gasteiger partial charge in [0.25, 0.3) is 0 Å². The van der Waals surface area contributed by atoms with Crippen LogP contribution in [-0.2, 0) is 21.2 Å². The number of hydrogen-bond donors (Lipinski definition) is 1. The molecule has 2 aromatic rings. The lowest BCUT2D eigenvalue weighted by Gasteiger charge is -2.34. The monoisotopic (exact) mass is 404 g/mol. The number of rotatable bonds is 5. The maximum Gasteiger partial charge on any atom is 0.243 e. The van der Waals surface area contributed by atoms with E-state index in [2.05, 4.69) is 19.2 Å². The van der Waals surface area contributed by atoms with Gasteiger partial charge in [-0.15, -0.1) is 0 Å². The summed E-state index contributed by atoms with van der Waals surface area (Å²) in [7, 11) is -3.56. The van der Waals surface area contributed by atoms with Crippen molar-refractivity contribution in [1.82, 2.24) is 4.31 Å². The summed E-state index contributed by atoms with van der Waals surface area (Å²) in [6, 6.07) is 12.2. The zero-order valence-electron chi connectivity index (χ0n) is 16.1. The number of carbonyl (C=O) groups is 1. The lowest BCUT2D eigenvalue weighted by atomic mass is 9.94. The fraction of sp³-hybridized carbons (Fsp3) is 0.381. The zero-order valence-corrected chi connectivity index (χ0v) is 16.9. The van der Waals surface area contributed by atoms with Crippen molar-refractivity contribution in [3.05, 3.63) is 59.9 Å². The predicted molar refractivity (Wildman–Crippen MR) is 107 cm³/mol. The molecule has 1 aliphatic heterocycles. The van der Waals surface area contributed by atoms with Crippen LogP contribution < -0.4 is 5.32 Å². The maximum absolute atomic E-state index is 13.7. The van der Waals surface area contributed by atoms with Gasteiger partial charge in [-0.2, -0.15) is 4.31 Å². The molecule has 1 amide bonds. The molecule has 0 radical (unpaired) electrons. The van der Waals surface area contributed by atoms with Crippen molar-refractivity contribution in [3.63, 3.8) is 0 Å². The number of nitrogens with zero attached hydrogens (tertiary/aromatic N) is 1. The third kappa shape index (κ3) is 4.77. The quantitative estimate of drug-likeness (QED) is 0.827. The van der Waals surface area contributed by atoms with Gasteiger partial charge < -0.3 is 5.32 Å². The molecule has 0 saturated carbocycles. The Hall–Kier alpha value is -2.25. The summed E-state index contributed by atoms with van der Waals surface area (Å²) in [5, 5.41) is 2.68. The van der Waals surface area contributed by atoms with E-state index in [0.29, 0.717) is 36.2 Å². The van der Waals surface area contributed by atoms with Crippen molar-refractivity contribution in [2.45, 2.75) is 31.6 Å². The van der Waals surface area contributed by atoms with E-state index in [1.54, 1.807) is 30.3 Å². The summed E-state index contributed by atoms with van der Waals surface area (Å²) in [6.45, 7) is 5.17. The van der Waals surface area contributed by atoms with Gasteiger partial charge in [0.15, 0.2) is 0 Å². The maximum atomic E-state index is 13.7. The van der Waals surface area contributed by atoms with Crippen LogP contribution in [0.1, 0.15) is 25.8 Å². The molecule has 1 saturated heterocycles. The number of carbonyl (C=O) groups excluding carboxylic acids is 1. The van der Waals surface area contributed by atoms with Crippen LogP contribution in [0.25, 0.3) is 0 Å². The molecular formula is C21H25FN2O3S. The smallest absolute Gasteiger partial charge is 0.243 e. The van der Waals surface area contributed by atoms with E-state index < -0.39 is 15.8 Å². The average molecular weight is 405 g/mol. The van der Waals surface area contributed by atoms with E-state index in [0.717, 1.165) is 6.42 Å². The van der Waals surface area contributed by atoms with Gasteiger partial charge in [0.05, 0.1) is 11.3 Å². The lowest BCUT2D eigenvalue weighted by Crippen LogP contribution is -2.42. The van der Waals surface area contributed by atoms with Gasteiger partial charge >= 0.3 is 0 Å². The molecule has 0 aliphatic carbocycles. The number of hydrogen-bond acceptors (Lipinski definition) is 3. The molecule has 1 aliphatic rings. The Bertz CT molecular complexity index is 934. The highest BCUT2D eigenvalue weighted by Crippen LogP contribution is 2.27. The number of sulfonamides is 1. The summed E-state index contributed by atoms with van der Waals surface area (Å²) >= 11 is 0. The van der Waals surface area contributed by atoms with Gasteiger partial charge in [0.1, 0.15) is 5.82 Å². The second-order valence-corrected chi connectivity index (χ2v) is 9.55. The van der Waals surface area contributed by atoms with Gasteiger partial charge in [-0.25, -0.2) is 12.8 Å². The summed E-state index contributed by atoms with van der Waals surface area (Å²) in [5.74, 6) is -0.130. The molecule has 150 valence electrons. The Balaban J connectivity index is 1.67. The zero-order chi connectivity index (χ0) is 20.3. The molecule has 2 unspecified atom stereocenters. The number of piperidine rings is 1. The van der Waals surface area contributed by atoms with Crippen molar-refractivity contribution in [2.75, 3.05) is 18.4 Å². The normalized spacial score (nSPS) is 20.7. The van der Waals surface area contributed by atoms with Crippen LogP contribution >= 0.6 is 0 Å². The van der Waals surface area contributed by atoms with Gasteiger partial charge in [-0.3, -0.25) is 4.79 Å². The summed E-state index contributed by atoms with van der Waals surface area (Å²) in [6.07, 6.45) is 0.940. The second-order valence-electron chi connectivity index (χ2n) is 7.61. The van der Waals surface area contributed by atoms with Crippen LogP contribution in [0.5, 0.6) is 0 Å². The molecule has 7 heteroatoms. The minimum Gasteiger partial charge on any atom is -0.326 e. The molecule has 5 nitrogen and oxygen atoms in total. The Morgan fingerprint density at radius 3 is 2.29 bits per heavy atom. The first kappa shape index (κ1) is 20.5. The minimum atomic E-state index is -3.56. The van der Waals surface area contributed by atoms with E-state index in [1.165, 1.54) is 22.5 Å². The molecule has 3 rings (SSSR count). The van der Waals surface area contributed by atoms with Gasteiger partial charge in [0.2, 0.25) is 15.9 Å².